The van der Waals surface area contributed by atoms with Crippen LogP contribution in [0.4, 0.5) is 0 Å². The third kappa shape index (κ3) is 3.70. The molecule has 0 heterocycles. The monoisotopic (exact) mass is 303 g/mol. The Balaban J connectivity index is 2.01. The van der Waals surface area contributed by atoms with Gasteiger partial charge in [0.2, 0.25) is 6.41 Å². The lowest BCUT2D eigenvalue weighted by Gasteiger charge is -2.17. The van der Waals surface area contributed by atoms with E-state index in [0.29, 0.717) is 13.1 Å². The zero-order chi connectivity index (χ0) is 12.8. The first-order valence-electron chi connectivity index (χ1n) is 5.75. The van der Waals surface area contributed by atoms with Crippen LogP contribution in [0.1, 0.15) is 11.1 Å². The van der Waals surface area contributed by atoms with Crippen LogP contribution in [0.25, 0.3) is 0 Å². The summed E-state index contributed by atoms with van der Waals surface area (Å²) < 4.78 is 1.05. The molecule has 0 spiro atoms. The van der Waals surface area contributed by atoms with Crippen molar-refractivity contribution in [3.05, 3.63) is 70.2 Å². The summed E-state index contributed by atoms with van der Waals surface area (Å²) in [4.78, 5) is 12.9. The average molecular weight is 304 g/mol. The number of carbonyl (C=O) groups excluding carboxylic acids is 1. The van der Waals surface area contributed by atoms with Crippen molar-refractivity contribution in [3.8, 4) is 0 Å². The second-order valence-electron chi connectivity index (χ2n) is 4.12. The highest BCUT2D eigenvalue weighted by Crippen LogP contribution is 2.13. The van der Waals surface area contributed by atoms with Crippen molar-refractivity contribution in [1.29, 1.82) is 0 Å². The standard InChI is InChI=1S/C15H14BrNO/c16-15-8-6-14(7-9-15)11-17(12-18)10-13-4-2-1-3-5-13/h1-9,12H,10-11H2. The van der Waals surface area contributed by atoms with Gasteiger partial charge in [0.15, 0.2) is 0 Å². The summed E-state index contributed by atoms with van der Waals surface area (Å²) >= 11 is 3.40. The lowest BCUT2D eigenvalue weighted by Crippen LogP contribution is -2.20. The molecule has 2 aromatic carbocycles. The van der Waals surface area contributed by atoms with Gasteiger partial charge in [-0.1, -0.05) is 58.4 Å². The van der Waals surface area contributed by atoms with Gasteiger partial charge in [-0.2, -0.15) is 0 Å². The Morgan fingerprint density at radius 1 is 0.889 bits per heavy atom. The number of halogens is 1. The molecule has 2 aromatic rings. The van der Waals surface area contributed by atoms with Gasteiger partial charge in [0.25, 0.3) is 0 Å². The highest BCUT2D eigenvalue weighted by molar-refractivity contribution is 9.10. The Hall–Kier alpha value is -1.61. The predicted octanol–water partition coefficient (Wildman–Crippen LogP) is 3.61. The smallest absolute Gasteiger partial charge is 0.210 e. The molecule has 0 aliphatic rings. The summed E-state index contributed by atoms with van der Waals surface area (Å²) in [6.07, 6.45) is 0.898. The van der Waals surface area contributed by atoms with E-state index in [9.17, 15) is 4.79 Å². The molecule has 2 rings (SSSR count). The second-order valence-corrected chi connectivity index (χ2v) is 5.04. The third-order valence-corrected chi connectivity index (χ3v) is 3.21. The molecule has 0 aromatic heterocycles. The van der Waals surface area contributed by atoms with Gasteiger partial charge in [-0.15, -0.1) is 0 Å². The number of hydrogen-bond donors (Lipinski definition) is 0. The minimum absolute atomic E-state index is 0.631. The SMILES string of the molecule is O=CN(Cc1ccccc1)Cc1ccc(Br)cc1. The molecule has 3 heteroatoms. The van der Waals surface area contributed by atoms with Crippen LogP contribution < -0.4 is 0 Å². The first-order chi connectivity index (χ1) is 8.78. The van der Waals surface area contributed by atoms with Gasteiger partial charge in [-0.3, -0.25) is 4.79 Å². The quantitative estimate of drug-likeness (QED) is 0.773. The molecule has 0 radical (unpaired) electrons. The van der Waals surface area contributed by atoms with Crippen molar-refractivity contribution in [3.63, 3.8) is 0 Å². The van der Waals surface area contributed by atoms with Crippen molar-refractivity contribution in [2.45, 2.75) is 13.1 Å². The van der Waals surface area contributed by atoms with Gasteiger partial charge in [0.05, 0.1) is 0 Å². The lowest BCUT2D eigenvalue weighted by atomic mass is 10.2. The molecule has 2 nitrogen and oxygen atoms in total. The van der Waals surface area contributed by atoms with Gasteiger partial charge >= 0.3 is 0 Å². The molecule has 0 unspecified atom stereocenters. The molecular formula is C15H14BrNO. The van der Waals surface area contributed by atoms with E-state index in [1.165, 1.54) is 0 Å². The number of hydrogen-bond acceptors (Lipinski definition) is 1. The normalized spacial score (nSPS) is 10.1. The molecule has 0 bridgehead atoms. The molecule has 0 saturated carbocycles. The fourth-order valence-electron chi connectivity index (χ4n) is 1.77. The lowest BCUT2D eigenvalue weighted by molar-refractivity contribution is -0.119. The fourth-order valence-corrected chi connectivity index (χ4v) is 2.04. The summed E-state index contributed by atoms with van der Waals surface area (Å²) in [5.41, 5.74) is 2.27. The van der Waals surface area contributed by atoms with Crippen LogP contribution in [-0.2, 0) is 17.9 Å². The molecule has 0 N–H and O–H groups in total. The highest BCUT2D eigenvalue weighted by Gasteiger charge is 2.04. The van der Waals surface area contributed by atoms with Crippen LogP contribution >= 0.6 is 15.9 Å². The highest BCUT2D eigenvalue weighted by atomic mass is 79.9. The van der Waals surface area contributed by atoms with Crippen LogP contribution in [0, 0.1) is 0 Å². The topological polar surface area (TPSA) is 20.3 Å². The summed E-state index contributed by atoms with van der Waals surface area (Å²) in [6, 6.07) is 18.0. The van der Waals surface area contributed by atoms with E-state index in [-0.39, 0.29) is 0 Å². The first-order valence-corrected chi connectivity index (χ1v) is 6.55. The van der Waals surface area contributed by atoms with E-state index in [2.05, 4.69) is 15.9 Å². The summed E-state index contributed by atoms with van der Waals surface area (Å²) in [6.45, 7) is 1.27. The fraction of sp³-hybridized carbons (Fsp3) is 0.133. The first kappa shape index (κ1) is 12.8. The molecule has 0 fully saturated rings. The Morgan fingerprint density at radius 2 is 1.44 bits per heavy atom. The Morgan fingerprint density at radius 3 is 2.00 bits per heavy atom. The number of nitrogens with zero attached hydrogens (tertiary/aromatic N) is 1. The van der Waals surface area contributed by atoms with Crippen LogP contribution in [-0.4, -0.2) is 11.3 Å². The molecule has 0 aliphatic carbocycles. The Kier molecular flexibility index (Phi) is 4.53. The van der Waals surface area contributed by atoms with E-state index < -0.39 is 0 Å². The maximum absolute atomic E-state index is 11.1. The van der Waals surface area contributed by atoms with Crippen LogP contribution in [0.5, 0.6) is 0 Å². The molecule has 0 aliphatic heterocycles. The molecule has 92 valence electrons. The number of carbonyl (C=O) groups is 1. The van der Waals surface area contributed by atoms with Crippen molar-refractivity contribution in [2.75, 3.05) is 0 Å². The average Bonchev–Trinajstić information content (AvgIpc) is 2.41. The zero-order valence-corrected chi connectivity index (χ0v) is 11.5. The van der Waals surface area contributed by atoms with E-state index in [4.69, 9.17) is 0 Å². The Labute approximate surface area is 115 Å². The van der Waals surface area contributed by atoms with Gasteiger partial charge < -0.3 is 4.90 Å². The Bertz CT molecular complexity index is 496. The van der Waals surface area contributed by atoms with Gasteiger partial charge in [0, 0.05) is 17.6 Å². The van der Waals surface area contributed by atoms with E-state index in [1.54, 1.807) is 4.90 Å². The van der Waals surface area contributed by atoms with Crippen LogP contribution in [0.15, 0.2) is 59.1 Å². The number of amides is 1. The summed E-state index contributed by atoms with van der Waals surface area (Å²) in [5.74, 6) is 0. The van der Waals surface area contributed by atoms with Crippen LogP contribution in [0.2, 0.25) is 0 Å². The van der Waals surface area contributed by atoms with Crippen molar-refractivity contribution in [1.82, 2.24) is 4.90 Å². The van der Waals surface area contributed by atoms with Crippen molar-refractivity contribution >= 4 is 22.3 Å². The number of benzene rings is 2. The van der Waals surface area contributed by atoms with Crippen molar-refractivity contribution in [2.24, 2.45) is 0 Å². The predicted molar refractivity (Wildman–Crippen MR) is 75.9 cm³/mol. The van der Waals surface area contributed by atoms with Crippen molar-refractivity contribution < 1.29 is 4.79 Å². The molecule has 1 amide bonds. The van der Waals surface area contributed by atoms with E-state index >= 15 is 0 Å². The van der Waals surface area contributed by atoms with Gasteiger partial charge in [-0.05, 0) is 23.3 Å². The van der Waals surface area contributed by atoms with Gasteiger partial charge in [-0.25, -0.2) is 0 Å². The largest absolute Gasteiger partial charge is 0.337 e. The summed E-state index contributed by atoms with van der Waals surface area (Å²) in [7, 11) is 0. The maximum atomic E-state index is 11.1. The molecule has 0 atom stereocenters. The zero-order valence-electron chi connectivity index (χ0n) is 9.92. The molecule has 18 heavy (non-hydrogen) atoms. The van der Waals surface area contributed by atoms with E-state index in [1.807, 2.05) is 54.6 Å². The van der Waals surface area contributed by atoms with Crippen LogP contribution in [0.3, 0.4) is 0 Å². The second kappa shape index (κ2) is 6.36. The third-order valence-electron chi connectivity index (χ3n) is 2.68. The summed E-state index contributed by atoms with van der Waals surface area (Å²) in [5, 5.41) is 0. The van der Waals surface area contributed by atoms with Gasteiger partial charge in [0.1, 0.15) is 0 Å². The minimum atomic E-state index is 0.631. The minimum Gasteiger partial charge on any atom is -0.337 e. The van der Waals surface area contributed by atoms with E-state index in [0.717, 1.165) is 22.0 Å². The maximum Gasteiger partial charge on any atom is 0.210 e. The molecule has 0 saturated heterocycles. The number of rotatable bonds is 5. The molecular weight excluding hydrogens is 290 g/mol.